The second-order valence-electron chi connectivity index (χ2n) is 7.87. The zero-order valence-electron chi connectivity index (χ0n) is 17.6. The Labute approximate surface area is 162 Å². The molecule has 2 aromatic rings. The molecule has 0 saturated carbocycles. The van der Waals surface area contributed by atoms with Crippen molar-refractivity contribution in [3.8, 4) is 5.75 Å². The molecule has 0 aliphatic carbocycles. The first kappa shape index (κ1) is 21.0. The summed E-state index contributed by atoms with van der Waals surface area (Å²) >= 11 is 0. The quantitative estimate of drug-likeness (QED) is 0.643. The molecule has 0 unspecified atom stereocenters. The molecule has 0 saturated heterocycles. The molecule has 0 aliphatic rings. The van der Waals surface area contributed by atoms with E-state index >= 15 is 0 Å². The highest BCUT2D eigenvalue weighted by Crippen LogP contribution is 2.33. The Kier molecular flexibility index (Phi) is 6.68. The fourth-order valence-electron chi connectivity index (χ4n) is 3.29. The first-order valence-corrected chi connectivity index (χ1v) is 9.57. The first-order chi connectivity index (χ1) is 12.7. The number of nitrogens with zero attached hydrogens (tertiary/aromatic N) is 2. The minimum Gasteiger partial charge on any atom is -0.497 e. The average molecular weight is 373 g/mol. The lowest BCUT2D eigenvalue weighted by molar-refractivity contribution is -0.146. The average Bonchev–Trinajstić information content (AvgIpc) is 2.90. The predicted octanol–water partition coefficient (Wildman–Crippen LogP) is 4.43. The Morgan fingerprint density at radius 2 is 1.85 bits per heavy atom. The molecule has 0 N–H and O–H groups in total. The number of hydrogen-bond acceptors (Lipinski definition) is 4. The molecule has 0 atom stereocenters. The number of esters is 1. The summed E-state index contributed by atoms with van der Waals surface area (Å²) in [5.74, 6) is 0.605. The highest BCUT2D eigenvalue weighted by molar-refractivity contribution is 5.73. The van der Waals surface area contributed by atoms with Crippen LogP contribution in [0.4, 0.5) is 0 Å². The molecule has 0 aliphatic heterocycles. The summed E-state index contributed by atoms with van der Waals surface area (Å²) < 4.78 is 12.6. The van der Waals surface area contributed by atoms with Gasteiger partial charge in [-0.1, -0.05) is 32.9 Å². The van der Waals surface area contributed by atoms with Gasteiger partial charge in [-0.15, -0.1) is 0 Å². The molecule has 0 spiro atoms. The van der Waals surface area contributed by atoms with Gasteiger partial charge < -0.3 is 9.47 Å². The van der Waals surface area contributed by atoms with Crippen molar-refractivity contribution in [2.45, 2.75) is 72.4 Å². The van der Waals surface area contributed by atoms with E-state index in [0.717, 1.165) is 34.7 Å². The molecule has 0 fully saturated rings. The van der Waals surface area contributed by atoms with E-state index in [1.54, 1.807) is 7.11 Å². The zero-order chi connectivity index (χ0) is 20.2. The minimum atomic E-state index is -0.229. The van der Waals surface area contributed by atoms with E-state index in [9.17, 15) is 4.79 Å². The van der Waals surface area contributed by atoms with Crippen molar-refractivity contribution in [2.75, 3.05) is 7.11 Å². The molecule has 148 valence electrons. The monoisotopic (exact) mass is 372 g/mol. The molecule has 5 nitrogen and oxygen atoms in total. The third-order valence-electron chi connectivity index (χ3n) is 5.01. The maximum absolute atomic E-state index is 12.3. The third-order valence-corrected chi connectivity index (χ3v) is 5.01. The van der Waals surface area contributed by atoms with Crippen LogP contribution in [-0.4, -0.2) is 29.0 Å². The number of ether oxygens (including phenoxy) is 2. The summed E-state index contributed by atoms with van der Waals surface area (Å²) in [6, 6.07) is 7.98. The molecule has 2 rings (SSSR count). The summed E-state index contributed by atoms with van der Waals surface area (Å²) in [4.78, 5) is 12.3. The predicted molar refractivity (Wildman–Crippen MR) is 107 cm³/mol. The molecular formula is C22H32N2O3. The summed E-state index contributed by atoms with van der Waals surface area (Å²) in [5.41, 5.74) is 4.15. The normalized spacial score (nSPS) is 11.7. The number of methoxy groups -OCH3 is 1. The van der Waals surface area contributed by atoms with Gasteiger partial charge >= 0.3 is 5.97 Å². The highest BCUT2D eigenvalue weighted by Gasteiger charge is 2.29. The van der Waals surface area contributed by atoms with Crippen LogP contribution in [0.3, 0.4) is 0 Å². The number of carbonyl (C=O) groups excluding carboxylic acids is 1. The topological polar surface area (TPSA) is 53.3 Å². The van der Waals surface area contributed by atoms with Crippen molar-refractivity contribution in [2.24, 2.45) is 0 Å². The van der Waals surface area contributed by atoms with Crippen LogP contribution in [-0.2, 0) is 27.9 Å². The number of hydrogen-bond donors (Lipinski definition) is 0. The van der Waals surface area contributed by atoms with Gasteiger partial charge in [-0.3, -0.25) is 9.48 Å². The minimum absolute atomic E-state index is 0.0598. The highest BCUT2D eigenvalue weighted by atomic mass is 16.5. The van der Waals surface area contributed by atoms with E-state index in [1.165, 1.54) is 0 Å². The lowest BCUT2D eigenvalue weighted by Gasteiger charge is -2.24. The van der Waals surface area contributed by atoms with Crippen LogP contribution >= 0.6 is 0 Å². The van der Waals surface area contributed by atoms with Crippen LogP contribution in [0, 0.1) is 6.92 Å². The van der Waals surface area contributed by atoms with E-state index in [-0.39, 0.29) is 23.9 Å². The molecule has 1 heterocycles. The Hall–Kier alpha value is -2.30. The summed E-state index contributed by atoms with van der Waals surface area (Å²) in [5, 5.41) is 4.79. The van der Waals surface area contributed by atoms with Crippen LogP contribution in [0.2, 0.25) is 0 Å². The van der Waals surface area contributed by atoms with Crippen molar-refractivity contribution >= 4 is 5.97 Å². The number of benzene rings is 1. The molecular weight excluding hydrogens is 340 g/mol. The van der Waals surface area contributed by atoms with Gasteiger partial charge in [0.2, 0.25) is 0 Å². The molecule has 1 aromatic carbocycles. The summed E-state index contributed by atoms with van der Waals surface area (Å²) in [6.07, 6.45) is 1.05. The van der Waals surface area contributed by atoms with E-state index < -0.39 is 0 Å². The molecule has 1 aromatic heterocycles. The maximum atomic E-state index is 12.3. The largest absolute Gasteiger partial charge is 0.497 e. The van der Waals surface area contributed by atoms with Gasteiger partial charge in [-0.2, -0.15) is 5.10 Å². The van der Waals surface area contributed by atoms with Crippen molar-refractivity contribution in [3.05, 3.63) is 46.8 Å². The third kappa shape index (κ3) is 5.12. The van der Waals surface area contributed by atoms with Crippen LogP contribution in [0.5, 0.6) is 5.75 Å². The number of carbonyl (C=O) groups is 1. The summed E-state index contributed by atoms with van der Waals surface area (Å²) in [7, 11) is 1.66. The van der Waals surface area contributed by atoms with Crippen LogP contribution in [0.15, 0.2) is 24.3 Å². The van der Waals surface area contributed by atoms with Crippen LogP contribution in [0.25, 0.3) is 0 Å². The number of aromatic nitrogens is 2. The molecule has 27 heavy (non-hydrogen) atoms. The SMILES string of the molecule is CCC(C)(C)c1c(CC(=O)OC(C)C)nn(Cc2ccc(OC)cc2)c1C. The van der Waals surface area contributed by atoms with E-state index in [0.29, 0.717) is 6.54 Å². The smallest absolute Gasteiger partial charge is 0.312 e. The van der Waals surface area contributed by atoms with Crippen molar-refractivity contribution in [1.29, 1.82) is 0 Å². The van der Waals surface area contributed by atoms with Gasteiger partial charge in [0.05, 0.1) is 31.9 Å². The van der Waals surface area contributed by atoms with Crippen molar-refractivity contribution in [3.63, 3.8) is 0 Å². The van der Waals surface area contributed by atoms with Crippen molar-refractivity contribution < 1.29 is 14.3 Å². The molecule has 0 amide bonds. The summed E-state index contributed by atoms with van der Waals surface area (Å²) in [6.45, 7) is 13.0. The Morgan fingerprint density at radius 3 is 2.37 bits per heavy atom. The molecule has 5 heteroatoms. The second kappa shape index (κ2) is 8.59. The van der Waals surface area contributed by atoms with Crippen molar-refractivity contribution in [1.82, 2.24) is 9.78 Å². The Bertz CT molecular complexity index is 774. The van der Waals surface area contributed by atoms with E-state index in [1.807, 2.05) is 42.8 Å². The van der Waals surface area contributed by atoms with Gasteiger partial charge in [0.1, 0.15) is 5.75 Å². The fourth-order valence-corrected chi connectivity index (χ4v) is 3.29. The van der Waals surface area contributed by atoms with Gasteiger partial charge in [0.15, 0.2) is 0 Å². The lowest BCUT2D eigenvalue weighted by Crippen LogP contribution is -2.21. The van der Waals surface area contributed by atoms with Crippen LogP contribution in [0.1, 0.15) is 63.6 Å². The lowest BCUT2D eigenvalue weighted by atomic mass is 9.80. The number of rotatable bonds is 8. The van der Waals surface area contributed by atoms with E-state index in [4.69, 9.17) is 14.6 Å². The van der Waals surface area contributed by atoms with Gasteiger partial charge in [0, 0.05) is 11.3 Å². The molecule has 0 bridgehead atoms. The second-order valence-corrected chi connectivity index (χ2v) is 7.87. The van der Waals surface area contributed by atoms with Crippen LogP contribution < -0.4 is 4.74 Å². The van der Waals surface area contributed by atoms with Gasteiger partial charge in [-0.25, -0.2) is 0 Å². The fraction of sp³-hybridized carbons (Fsp3) is 0.545. The molecule has 0 radical (unpaired) electrons. The van der Waals surface area contributed by atoms with Gasteiger partial charge in [-0.05, 0) is 50.3 Å². The Morgan fingerprint density at radius 1 is 1.22 bits per heavy atom. The maximum Gasteiger partial charge on any atom is 0.312 e. The first-order valence-electron chi connectivity index (χ1n) is 9.57. The Balaban J connectivity index is 2.37. The standard InChI is InChI=1S/C22H32N2O3/c1-8-22(5,6)21-16(4)24(14-17-9-11-18(26-7)12-10-17)23-19(21)13-20(25)27-15(2)3/h9-12,15H,8,13-14H2,1-7H3. The van der Waals surface area contributed by atoms with E-state index in [2.05, 4.69) is 27.7 Å². The van der Waals surface area contributed by atoms with Gasteiger partial charge in [0.25, 0.3) is 0 Å². The zero-order valence-corrected chi connectivity index (χ0v) is 17.6.